The molecule has 0 atom stereocenters. The zero-order valence-electron chi connectivity index (χ0n) is 65.0. The third kappa shape index (κ3) is 136. The molecule has 5 nitrogen and oxygen atoms in total. The molecule has 0 aromatic carbocycles. The Kier molecular flexibility index (Phi) is 154. The summed E-state index contributed by atoms with van der Waals surface area (Å²) in [7, 11) is 141. The van der Waals surface area contributed by atoms with Crippen molar-refractivity contribution in [2.75, 3.05) is 37.9 Å². The summed E-state index contributed by atoms with van der Waals surface area (Å²) in [6.07, 6.45) is 5.77. The van der Waals surface area contributed by atoms with E-state index in [-0.39, 0.29) is 14.5 Å². The number of pyridine rings is 1. The maximum atomic E-state index is 8.74. The molecule has 0 saturated heterocycles. The molecule has 0 aliphatic carbocycles. The van der Waals surface area contributed by atoms with Crippen LogP contribution in [0.4, 0.5) is 0 Å². The minimum atomic E-state index is -1.63. The summed E-state index contributed by atoms with van der Waals surface area (Å²) in [4.78, 5) is 4.19. The van der Waals surface area contributed by atoms with E-state index in [1.807, 2.05) is 475 Å². The summed E-state index contributed by atoms with van der Waals surface area (Å²) in [5.41, 5.74) is 0. The van der Waals surface area contributed by atoms with Gasteiger partial charge < -0.3 is 19.1 Å². The van der Waals surface area contributed by atoms with Crippen LogP contribution < -0.4 is 0 Å². The van der Waals surface area contributed by atoms with Gasteiger partial charge in [0.1, 0.15) is 5.03 Å². The third-order valence-corrected chi connectivity index (χ3v) is 191. The normalized spacial score (nSPS) is 9.51. The fourth-order valence-electron chi connectivity index (χ4n) is 3.24. The summed E-state index contributed by atoms with van der Waals surface area (Å²) in [5, 5.41) is 18.9. The van der Waals surface area contributed by atoms with Crippen molar-refractivity contribution in [1.29, 1.82) is 0 Å². The number of aromatic nitrogens is 1. The average molecular weight is 3420 g/mol. The van der Waals surface area contributed by atoms with Gasteiger partial charge in [0.05, 0.1) is 0 Å². The van der Waals surface area contributed by atoms with Gasteiger partial charge in [-0.2, -0.15) is 12.6 Å². The number of aliphatic hydroxyl groups is 2. The molecule has 0 amide bonds. The molecule has 0 spiro atoms. The van der Waals surface area contributed by atoms with Crippen LogP contribution in [0.15, 0.2) is 29.4 Å². The molecule has 1 aromatic rings. The molecule has 128 heavy (non-hydrogen) atoms. The van der Waals surface area contributed by atoms with Crippen molar-refractivity contribution in [3.63, 3.8) is 0 Å². The number of thiol groups is 1. The largest absolute Gasteiger partial charge is 0.415 e. The summed E-state index contributed by atoms with van der Waals surface area (Å²) < 4.78 is 12.5. The van der Waals surface area contributed by atoms with E-state index in [4.69, 9.17) is 63.8 Å². The van der Waals surface area contributed by atoms with Crippen LogP contribution in [-0.4, -0.2) is 79.3 Å². The fourth-order valence-corrected chi connectivity index (χ4v) is 211. The van der Waals surface area contributed by atoms with E-state index in [0.29, 0.717) is 18.3 Å². The molecular weight excluding hydrogens is 3350 g/mol. The second-order valence-electron chi connectivity index (χ2n) is 20.7. The molecule has 95 heteroatoms. The topological polar surface area (TPSA) is 71.8 Å². The Balaban J connectivity index is -0.000000530. The van der Waals surface area contributed by atoms with E-state index in [1.165, 1.54) is 35.5 Å². The van der Waals surface area contributed by atoms with Gasteiger partial charge in [-0.15, -0.1) is 0 Å². The van der Waals surface area contributed by atoms with Crippen LogP contribution in [0.3, 0.4) is 0 Å². The second-order valence-corrected chi connectivity index (χ2v) is 173. The van der Waals surface area contributed by atoms with E-state index >= 15 is 0 Å². The number of hydrogen-bond acceptors (Lipinski definition) is 16. The summed E-state index contributed by atoms with van der Waals surface area (Å²) >= 11 is 31.0. The first-order valence-electron chi connectivity index (χ1n) is 29.5. The van der Waals surface area contributed by atoms with Crippen LogP contribution in [-0.2, 0) is 760 Å². The van der Waals surface area contributed by atoms with Crippen LogP contribution in [0.2, 0.25) is 36.3 Å². The van der Waals surface area contributed by atoms with Crippen LogP contribution in [0.5, 0.6) is 0 Å². The predicted molar refractivity (Wildman–Crippen MR) is 830 cm³/mol. The fraction of sp³-hybridized carbons (Fsp3) is 0.848. The maximum absolute atomic E-state index is 8.74. The lowest BCUT2D eigenvalue weighted by Gasteiger charge is -2.38. The van der Waals surface area contributed by atoms with E-state index < -0.39 is 16.6 Å². The molecule has 0 aliphatic heterocycles. The van der Waals surface area contributed by atoms with Crippen molar-refractivity contribution in [1.82, 2.24) is 4.98 Å². The molecule has 0 fully saturated rings. The SMILES string of the molecule is CC(C)(CO[Si](C)(C)C(C)(C)C)SSCCCCO.CC(C)(S)CO[Si](C)(C)C(C)(C)C.OCCCCSSc1ccccn1.S=S.S=S=S=S=S=S=S=S=S=S=S=S=S=S=S=S=S=S=S=S=S=S=S=S=S=S=S=S=S=S=S=S=S=S=S=S=S=S=S=S.S=S=S=S=S=S=S=S=S=S=S=S=S=S=S=S=S=S=S=S=S=S=S=S=S=S=S=S=S=S=S=S=S=S=S=S=S=S=S=S=S. The molecule has 0 aliphatic rings. The van der Waals surface area contributed by atoms with Gasteiger partial charge in [-0.3, -0.25) is 0 Å². The number of hydrogen-bond donors (Lipinski definition) is 3. The van der Waals surface area contributed by atoms with Gasteiger partial charge in [0, 0.05) is 805 Å². The van der Waals surface area contributed by atoms with Crippen molar-refractivity contribution in [3.05, 3.63) is 24.4 Å². The quantitative estimate of drug-likeness (QED) is 0.0565. The van der Waals surface area contributed by atoms with Gasteiger partial charge in [-0.05, 0) is 113 Å². The Morgan fingerprint density at radius 3 is 0.641 bits per heavy atom. The molecular formula is C33H69NO4S88Si2. The van der Waals surface area contributed by atoms with Crippen LogP contribution in [0.25, 0.3) is 0 Å². The molecule has 1 rings (SSSR count). The maximum Gasteiger partial charge on any atom is 0.192 e. The Morgan fingerprint density at radius 2 is 0.477 bits per heavy atom. The lowest BCUT2D eigenvalue weighted by Crippen LogP contribution is -2.43. The highest BCUT2D eigenvalue weighted by Crippen LogP contribution is 2.41. The third-order valence-electron chi connectivity index (χ3n) is 9.60. The smallest absolute Gasteiger partial charge is 0.192 e. The van der Waals surface area contributed by atoms with Crippen LogP contribution >= 0.6 is 55.8 Å². The Hall–Kier alpha value is 19.4. The van der Waals surface area contributed by atoms with Crippen LogP contribution in [0, 0.1) is 0 Å². The standard InChI is InChI=1S/C14H32O2S2Si.C10H24OSSi.C9H13NOS2.S41.S40.S2/c1-13(2,3)19(6,7)16-12-14(4,5)18-17-11-9-8-10-15;1-9(2,3)13(6,7)11-8-10(4,5)12;11-7-3-4-8-12-13-9-5-1-2-6-10-9;1-3-5-7-9-11-13-15-17-19-21-23-25-27-29-31-33-35-37-39-41-40-38-36-34-32-30-28-26-24-22-20-18-16-14-12-10-8-6-4-2;1-3-5-7-9-11-13-15-17-19-21-23-25-27-29-31-33-35-37-39-40-38-36-34-32-30-28-26-24-22-20-18-16-14-12-10-8-6-4-2;1-2/h15H,8-12H2,1-7H3;12H,8H2,1-7H3;1-2,5-6,11H,3-4,7-8H2;;;. The van der Waals surface area contributed by atoms with Crippen LogP contribution in [0.1, 0.15) is 94.9 Å². The van der Waals surface area contributed by atoms with Crippen molar-refractivity contribution >= 4 is 823 Å². The molecule has 2 N–H and O–H groups in total. The molecule has 0 radical (unpaired) electrons. The predicted octanol–water partition coefficient (Wildman–Crippen LogP) is 11.1. The average Bonchev–Trinajstić information content (AvgIpc) is 0.842. The highest BCUT2D eigenvalue weighted by atomic mass is 33.5. The minimum absolute atomic E-state index is 0.0183. The van der Waals surface area contributed by atoms with Gasteiger partial charge >= 0.3 is 0 Å². The molecule has 0 saturated carbocycles. The van der Waals surface area contributed by atoms with E-state index in [1.54, 1.807) is 241 Å². The monoisotopic (exact) mass is 3410 g/mol. The number of rotatable bonds is 18. The van der Waals surface area contributed by atoms with Gasteiger partial charge in [0.15, 0.2) is 16.6 Å². The molecule has 1 aromatic heterocycles. The Labute approximate surface area is 1030 Å². The molecule has 1 heterocycles. The molecule has 0 bridgehead atoms. The molecule has 766 valence electrons. The van der Waals surface area contributed by atoms with Gasteiger partial charge in [-0.25, -0.2) is 4.98 Å². The Morgan fingerprint density at radius 1 is 0.289 bits per heavy atom. The first-order chi connectivity index (χ1) is 61.7. The van der Waals surface area contributed by atoms with Crippen molar-refractivity contribution in [2.45, 2.75) is 146 Å². The Bertz CT molecular complexity index is 7200. The highest BCUT2D eigenvalue weighted by molar-refractivity contribution is 8.85. The summed E-state index contributed by atoms with van der Waals surface area (Å²) in [6, 6.07) is 5.91. The van der Waals surface area contributed by atoms with Gasteiger partial charge in [0.2, 0.25) is 0 Å². The lowest BCUT2D eigenvalue weighted by molar-refractivity contribution is 0.262. The van der Waals surface area contributed by atoms with Crippen molar-refractivity contribution < 1.29 is 19.1 Å². The van der Waals surface area contributed by atoms with Gasteiger partial charge in [-0.1, -0.05) is 80.0 Å². The van der Waals surface area contributed by atoms with Gasteiger partial charge in [0.25, 0.3) is 0 Å². The lowest BCUT2D eigenvalue weighted by atomic mass is 10.2. The second kappa shape index (κ2) is 127. The first kappa shape index (κ1) is 156. The number of aliphatic hydroxyl groups excluding tert-OH is 2. The minimum Gasteiger partial charge on any atom is -0.415 e. The van der Waals surface area contributed by atoms with E-state index in [0.717, 1.165) is 55.4 Å². The zero-order valence-corrected chi connectivity index (χ0v) is 139. The van der Waals surface area contributed by atoms with Crippen molar-refractivity contribution in [3.8, 4) is 0 Å². The van der Waals surface area contributed by atoms with E-state index in [2.05, 4.69) is 135 Å². The summed E-state index contributed by atoms with van der Waals surface area (Å²) in [5.74, 6) is 2.18. The highest BCUT2D eigenvalue weighted by Gasteiger charge is 2.39. The number of nitrogens with zero attached hydrogens (tertiary/aromatic N) is 1. The van der Waals surface area contributed by atoms with Crippen molar-refractivity contribution in [2.24, 2.45) is 0 Å². The first-order valence-corrected chi connectivity index (χ1v) is 147. The summed E-state index contributed by atoms with van der Waals surface area (Å²) in [6.45, 7) is 33.6. The van der Waals surface area contributed by atoms with E-state index in [9.17, 15) is 0 Å². The molecule has 0 unspecified atom stereocenters. The zero-order chi connectivity index (χ0) is 95.9. The number of unbranched alkanes of at least 4 members (excludes halogenated alkanes) is 2.